The Bertz CT molecular complexity index is 322. The highest BCUT2D eigenvalue weighted by Crippen LogP contribution is 2.22. The zero-order valence-electron chi connectivity index (χ0n) is 9.12. The van der Waals surface area contributed by atoms with E-state index in [4.69, 9.17) is 22.4 Å². The third-order valence-electron chi connectivity index (χ3n) is 2.19. The first-order valence-corrected chi connectivity index (χ1v) is 5.74. The van der Waals surface area contributed by atoms with Gasteiger partial charge in [0.1, 0.15) is 23.0 Å². The normalized spacial score (nSPS) is 10.4. The van der Waals surface area contributed by atoms with Gasteiger partial charge in [0.05, 0.1) is 0 Å². The summed E-state index contributed by atoms with van der Waals surface area (Å²) in [5.41, 5.74) is 5.54. The molecule has 0 aromatic carbocycles. The number of aromatic nitrogens is 2. The number of nitrogens with one attached hydrogen (secondary N) is 1. The molecule has 6 heteroatoms. The molecule has 0 unspecified atom stereocenters. The van der Waals surface area contributed by atoms with E-state index in [2.05, 4.69) is 15.3 Å². The molecule has 1 aromatic rings. The Hall–Kier alpha value is -1.07. The largest absolute Gasteiger partial charge is 0.396 e. The van der Waals surface area contributed by atoms with Crippen molar-refractivity contribution in [2.75, 3.05) is 24.2 Å². The van der Waals surface area contributed by atoms with Gasteiger partial charge in [-0.25, -0.2) is 9.97 Å². The van der Waals surface area contributed by atoms with Crippen LogP contribution in [0, 0.1) is 0 Å². The molecule has 0 aliphatic heterocycles. The Labute approximate surface area is 100 Å². The summed E-state index contributed by atoms with van der Waals surface area (Å²) in [7, 11) is 0. The number of aliphatic hydroxyl groups excluding tert-OH is 1. The fraction of sp³-hybridized carbons (Fsp3) is 0.600. The number of nitrogen functional groups attached to an aromatic ring is 1. The average Bonchev–Trinajstić information content (AvgIpc) is 2.29. The summed E-state index contributed by atoms with van der Waals surface area (Å²) in [6.45, 7) is 1.06. The molecule has 16 heavy (non-hydrogen) atoms. The molecule has 90 valence electrons. The smallest absolute Gasteiger partial charge is 0.150 e. The summed E-state index contributed by atoms with van der Waals surface area (Å²) >= 11 is 5.91. The summed E-state index contributed by atoms with van der Waals surface area (Å²) in [6, 6.07) is 0. The number of halogens is 1. The predicted molar refractivity (Wildman–Crippen MR) is 65.5 cm³/mol. The van der Waals surface area contributed by atoms with Crippen molar-refractivity contribution >= 4 is 23.2 Å². The third kappa shape index (κ3) is 4.20. The van der Waals surface area contributed by atoms with E-state index in [0.29, 0.717) is 16.7 Å². The average molecular weight is 245 g/mol. The number of rotatable bonds is 7. The second-order valence-corrected chi connectivity index (χ2v) is 3.86. The van der Waals surface area contributed by atoms with Crippen LogP contribution in [-0.4, -0.2) is 28.2 Å². The summed E-state index contributed by atoms with van der Waals surface area (Å²) in [4.78, 5) is 7.77. The molecule has 0 aliphatic carbocycles. The van der Waals surface area contributed by atoms with Crippen molar-refractivity contribution in [1.82, 2.24) is 9.97 Å². The molecule has 1 heterocycles. The molecule has 0 atom stereocenters. The van der Waals surface area contributed by atoms with Crippen molar-refractivity contribution in [3.8, 4) is 0 Å². The van der Waals surface area contributed by atoms with Gasteiger partial charge in [-0.1, -0.05) is 24.4 Å². The maximum atomic E-state index is 8.60. The molecule has 1 rings (SSSR count). The molecule has 0 aliphatic rings. The van der Waals surface area contributed by atoms with Crippen LogP contribution in [0.1, 0.15) is 25.7 Å². The zero-order chi connectivity index (χ0) is 11.8. The quantitative estimate of drug-likeness (QED) is 0.636. The van der Waals surface area contributed by atoms with Gasteiger partial charge < -0.3 is 16.2 Å². The van der Waals surface area contributed by atoms with Crippen LogP contribution in [0.25, 0.3) is 0 Å². The van der Waals surface area contributed by atoms with E-state index in [9.17, 15) is 0 Å². The maximum Gasteiger partial charge on any atom is 0.150 e. The van der Waals surface area contributed by atoms with Crippen LogP contribution in [0.15, 0.2) is 6.33 Å². The highest BCUT2D eigenvalue weighted by Gasteiger charge is 2.04. The van der Waals surface area contributed by atoms with Gasteiger partial charge in [0.2, 0.25) is 0 Å². The van der Waals surface area contributed by atoms with Crippen LogP contribution in [0.3, 0.4) is 0 Å². The Morgan fingerprint density at radius 3 is 2.75 bits per heavy atom. The first-order valence-electron chi connectivity index (χ1n) is 5.36. The highest BCUT2D eigenvalue weighted by atomic mass is 35.5. The summed E-state index contributed by atoms with van der Waals surface area (Å²) in [5, 5.41) is 12.1. The van der Waals surface area contributed by atoms with Crippen molar-refractivity contribution in [3.63, 3.8) is 0 Å². The Morgan fingerprint density at radius 1 is 1.25 bits per heavy atom. The van der Waals surface area contributed by atoms with Crippen LogP contribution < -0.4 is 11.1 Å². The topological polar surface area (TPSA) is 84.1 Å². The van der Waals surface area contributed by atoms with Gasteiger partial charge in [-0.2, -0.15) is 0 Å². The number of nitrogens with zero attached hydrogens (tertiary/aromatic N) is 2. The van der Waals surface area contributed by atoms with Gasteiger partial charge >= 0.3 is 0 Å². The first kappa shape index (κ1) is 13.0. The number of anilines is 2. The van der Waals surface area contributed by atoms with Crippen molar-refractivity contribution in [3.05, 3.63) is 11.3 Å². The molecular formula is C10H17ClN4O. The Morgan fingerprint density at radius 2 is 2.00 bits per heavy atom. The molecular weight excluding hydrogens is 228 g/mol. The number of nitrogens with two attached hydrogens (primary N) is 1. The molecule has 0 bridgehead atoms. The number of hydrogen-bond donors (Lipinski definition) is 3. The lowest BCUT2D eigenvalue weighted by molar-refractivity contribution is 0.283. The summed E-state index contributed by atoms with van der Waals surface area (Å²) in [5.74, 6) is 0.871. The fourth-order valence-electron chi connectivity index (χ4n) is 1.30. The molecule has 0 amide bonds. The summed E-state index contributed by atoms with van der Waals surface area (Å²) in [6.07, 6.45) is 5.38. The standard InChI is InChI=1S/C10H17ClN4O/c11-8-9(12)14-7-15-10(8)13-5-3-1-2-4-6-16/h7,16H,1-6H2,(H3,12,13,14,15). The van der Waals surface area contributed by atoms with Crippen molar-refractivity contribution in [2.45, 2.75) is 25.7 Å². The molecule has 0 fully saturated rings. The number of hydrogen-bond acceptors (Lipinski definition) is 5. The minimum Gasteiger partial charge on any atom is -0.396 e. The monoisotopic (exact) mass is 244 g/mol. The lowest BCUT2D eigenvalue weighted by atomic mass is 10.2. The van der Waals surface area contributed by atoms with Crippen LogP contribution >= 0.6 is 11.6 Å². The maximum absolute atomic E-state index is 8.60. The van der Waals surface area contributed by atoms with E-state index in [1.54, 1.807) is 0 Å². The van der Waals surface area contributed by atoms with Crippen LogP contribution in [0.5, 0.6) is 0 Å². The van der Waals surface area contributed by atoms with Gasteiger partial charge in [0, 0.05) is 13.2 Å². The second kappa shape index (κ2) is 7.24. The molecule has 4 N–H and O–H groups in total. The Kier molecular flexibility index (Phi) is 5.88. The van der Waals surface area contributed by atoms with E-state index in [-0.39, 0.29) is 6.61 Å². The highest BCUT2D eigenvalue weighted by molar-refractivity contribution is 6.35. The molecule has 0 saturated heterocycles. The fourth-order valence-corrected chi connectivity index (χ4v) is 1.47. The molecule has 0 spiro atoms. The Balaban J connectivity index is 2.24. The van der Waals surface area contributed by atoms with Crippen molar-refractivity contribution < 1.29 is 5.11 Å². The molecule has 0 saturated carbocycles. The van der Waals surface area contributed by atoms with E-state index in [1.165, 1.54) is 6.33 Å². The molecule has 5 nitrogen and oxygen atoms in total. The molecule has 1 aromatic heterocycles. The lowest BCUT2D eigenvalue weighted by Gasteiger charge is -2.07. The van der Waals surface area contributed by atoms with Crippen LogP contribution in [0.2, 0.25) is 5.02 Å². The minimum atomic E-state index is 0.266. The zero-order valence-corrected chi connectivity index (χ0v) is 9.87. The van der Waals surface area contributed by atoms with E-state index >= 15 is 0 Å². The lowest BCUT2D eigenvalue weighted by Crippen LogP contribution is -2.06. The first-order chi connectivity index (χ1) is 7.75. The van der Waals surface area contributed by atoms with Gasteiger partial charge in [0.15, 0.2) is 0 Å². The minimum absolute atomic E-state index is 0.266. The van der Waals surface area contributed by atoms with Gasteiger partial charge in [-0.15, -0.1) is 0 Å². The molecule has 0 radical (unpaired) electrons. The van der Waals surface area contributed by atoms with Gasteiger partial charge in [-0.05, 0) is 12.8 Å². The van der Waals surface area contributed by atoms with Crippen molar-refractivity contribution in [1.29, 1.82) is 0 Å². The number of unbranched alkanes of at least 4 members (excludes halogenated alkanes) is 3. The number of aliphatic hydroxyl groups is 1. The van der Waals surface area contributed by atoms with Crippen LogP contribution in [-0.2, 0) is 0 Å². The second-order valence-electron chi connectivity index (χ2n) is 3.49. The van der Waals surface area contributed by atoms with E-state index in [0.717, 1.165) is 32.2 Å². The van der Waals surface area contributed by atoms with Gasteiger partial charge in [-0.3, -0.25) is 0 Å². The summed E-state index contributed by atoms with van der Waals surface area (Å²) < 4.78 is 0. The SMILES string of the molecule is Nc1ncnc(NCCCCCCO)c1Cl. The van der Waals surface area contributed by atoms with Gasteiger partial charge in [0.25, 0.3) is 0 Å². The van der Waals surface area contributed by atoms with E-state index in [1.807, 2.05) is 0 Å². The third-order valence-corrected chi connectivity index (χ3v) is 2.57. The predicted octanol–water partition coefficient (Wildman–Crippen LogP) is 1.68. The van der Waals surface area contributed by atoms with Crippen LogP contribution in [0.4, 0.5) is 11.6 Å². The van der Waals surface area contributed by atoms with Crippen molar-refractivity contribution in [2.24, 2.45) is 0 Å². The van der Waals surface area contributed by atoms with E-state index < -0.39 is 0 Å².